The number of nitrogens with zero attached hydrogens (tertiary/aromatic N) is 3. The number of methoxy groups -OCH3 is 1. The SMILES string of the molecule is COC(CN=Cc1cnn(C)c1)c1ccccc1. The summed E-state index contributed by atoms with van der Waals surface area (Å²) in [7, 11) is 3.59. The Hall–Kier alpha value is -1.94. The Kier molecular flexibility index (Phi) is 4.25. The molecule has 1 heterocycles. The van der Waals surface area contributed by atoms with Gasteiger partial charge in [-0.05, 0) is 5.56 Å². The minimum Gasteiger partial charge on any atom is -0.375 e. The van der Waals surface area contributed by atoms with Crippen LogP contribution in [0.5, 0.6) is 0 Å². The van der Waals surface area contributed by atoms with Crippen LogP contribution in [0.4, 0.5) is 0 Å². The smallest absolute Gasteiger partial charge is 0.102 e. The summed E-state index contributed by atoms with van der Waals surface area (Å²) in [4.78, 5) is 4.40. The minimum absolute atomic E-state index is 0.000813. The molecule has 0 saturated carbocycles. The molecule has 1 unspecified atom stereocenters. The van der Waals surface area contributed by atoms with Crippen molar-refractivity contribution in [1.82, 2.24) is 9.78 Å². The molecule has 1 aromatic heterocycles. The normalized spacial score (nSPS) is 13.0. The Bertz CT molecular complexity index is 505. The highest BCUT2D eigenvalue weighted by molar-refractivity contribution is 5.78. The number of rotatable bonds is 5. The van der Waals surface area contributed by atoms with Gasteiger partial charge in [0, 0.05) is 32.1 Å². The topological polar surface area (TPSA) is 39.4 Å². The third-order valence-corrected chi connectivity index (χ3v) is 2.69. The summed E-state index contributed by atoms with van der Waals surface area (Å²) in [5, 5.41) is 4.09. The molecule has 18 heavy (non-hydrogen) atoms. The van der Waals surface area contributed by atoms with Crippen molar-refractivity contribution in [2.24, 2.45) is 12.0 Å². The van der Waals surface area contributed by atoms with Crippen LogP contribution in [-0.2, 0) is 11.8 Å². The van der Waals surface area contributed by atoms with Crippen LogP contribution in [-0.4, -0.2) is 29.6 Å². The van der Waals surface area contributed by atoms with Crippen LogP contribution in [0.1, 0.15) is 17.2 Å². The molecule has 1 aromatic carbocycles. The highest BCUT2D eigenvalue weighted by atomic mass is 16.5. The van der Waals surface area contributed by atoms with Crippen molar-refractivity contribution in [3.05, 3.63) is 53.9 Å². The van der Waals surface area contributed by atoms with Crippen molar-refractivity contribution < 1.29 is 4.74 Å². The molecule has 4 nitrogen and oxygen atoms in total. The predicted octanol–water partition coefficient (Wildman–Crippen LogP) is 2.23. The summed E-state index contributed by atoms with van der Waals surface area (Å²) in [5.41, 5.74) is 2.14. The second kappa shape index (κ2) is 6.12. The van der Waals surface area contributed by atoms with Crippen molar-refractivity contribution in [3.63, 3.8) is 0 Å². The zero-order valence-electron chi connectivity index (χ0n) is 10.7. The fourth-order valence-electron chi connectivity index (χ4n) is 1.74. The molecule has 0 radical (unpaired) electrons. The van der Waals surface area contributed by atoms with Gasteiger partial charge in [-0.2, -0.15) is 5.10 Å². The van der Waals surface area contributed by atoms with Gasteiger partial charge in [-0.1, -0.05) is 30.3 Å². The maximum absolute atomic E-state index is 5.44. The van der Waals surface area contributed by atoms with Crippen molar-refractivity contribution in [2.75, 3.05) is 13.7 Å². The van der Waals surface area contributed by atoms with E-state index in [1.54, 1.807) is 18.0 Å². The van der Waals surface area contributed by atoms with Crippen LogP contribution in [0.15, 0.2) is 47.7 Å². The standard InChI is InChI=1S/C14H17N3O/c1-17-11-12(9-16-17)8-15-10-14(18-2)13-6-4-3-5-7-13/h3-9,11,14H,10H2,1-2H3. The number of aromatic nitrogens is 2. The molecule has 0 fully saturated rings. The molecular weight excluding hydrogens is 226 g/mol. The molecule has 0 aliphatic heterocycles. The zero-order valence-corrected chi connectivity index (χ0v) is 10.7. The van der Waals surface area contributed by atoms with Gasteiger partial charge in [0.2, 0.25) is 0 Å². The summed E-state index contributed by atoms with van der Waals surface area (Å²) in [6.45, 7) is 0.607. The van der Waals surface area contributed by atoms with Crippen LogP contribution in [0.2, 0.25) is 0 Å². The van der Waals surface area contributed by atoms with E-state index in [0.29, 0.717) is 6.54 Å². The van der Waals surface area contributed by atoms with Crippen LogP contribution in [0.25, 0.3) is 0 Å². The molecule has 0 aliphatic carbocycles. The van der Waals surface area contributed by atoms with Gasteiger partial charge >= 0.3 is 0 Å². The lowest BCUT2D eigenvalue weighted by Gasteiger charge is -2.12. The Balaban J connectivity index is 1.97. The van der Waals surface area contributed by atoms with E-state index in [1.165, 1.54) is 0 Å². The Labute approximate surface area is 107 Å². The molecule has 0 bridgehead atoms. The highest BCUT2D eigenvalue weighted by Crippen LogP contribution is 2.16. The monoisotopic (exact) mass is 243 g/mol. The molecule has 0 aliphatic rings. The van der Waals surface area contributed by atoms with E-state index < -0.39 is 0 Å². The van der Waals surface area contributed by atoms with E-state index in [4.69, 9.17) is 4.74 Å². The van der Waals surface area contributed by atoms with E-state index in [9.17, 15) is 0 Å². The predicted molar refractivity (Wildman–Crippen MR) is 71.9 cm³/mol. The maximum Gasteiger partial charge on any atom is 0.102 e. The number of aryl methyl sites for hydroxylation is 1. The molecule has 0 amide bonds. The second-order valence-electron chi connectivity index (χ2n) is 4.08. The Morgan fingerprint density at radius 1 is 1.39 bits per heavy atom. The summed E-state index contributed by atoms with van der Waals surface area (Å²) in [5.74, 6) is 0. The minimum atomic E-state index is -0.000813. The lowest BCUT2D eigenvalue weighted by molar-refractivity contribution is 0.111. The highest BCUT2D eigenvalue weighted by Gasteiger charge is 2.07. The molecule has 94 valence electrons. The van der Waals surface area contributed by atoms with Crippen LogP contribution in [0.3, 0.4) is 0 Å². The molecule has 2 rings (SSSR count). The van der Waals surface area contributed by atoms with E-state index in [-0.39, 0.29) is 6.10 Å². The number of benzene rings is 1. The second-order valence-corrected chi connectivity index (χ2v) is 4.08. The summed E-state index contributed by atoms with van der Waals surface area (Å²) >= 11 is 0. The van der Waals surface area contributed by atoms with Gasteiger partial charge in [-0.3, -0.25) is 9.67 Å². The third-order valence-electron chi connectivity index (χ3n) is 2.69. The fourth-order valence-corrected chi connectivity index (χ4v) is 1.74. The Morgan fingerprint density at radius 3 is 2.78 bits per heavy atom. The third kappa shape index (κ3) is 3.28. The first kappa shape index (κ1) is 12.5. The van der Waals surface area contributed by atoms with E-state index in [1.807, 2.05) is 49.8 Å². The van der Waals surface area contributed by atoms with Gasteiger partial charge < -0.3 is 4.74 Å². The van der Waals surface area contributed by atoms with Crippen molar-refractivity contribution in [2.45, 2.75) is 6.10 Å². The van der Waals surface area contributed by atoms with Gasteiger partial charge in [-0.25, -0.2) is 0 Å². The molecule has 2 aromatic rings. The van der Waals surface area contributed by atoms with Gasteiger partial charge in [0.15, 0.2) is 0 Å². The van der Waals surface area contributed by atoms with Crippen LogP contribution in [0, 0.1) is 0 Å². The number of hydrogen-bond donors (Lipinski definition) is 0. The zero-order chi connectivity index (χ0) is 12.8. The van der Waals surface area contributed by atoms with E-state index in [0.717, 1.165) is 11.1 Å². The van der Waals surface area contributed by atoms with Crippen molar-refractivity contribution in [1.29, 1.82) is 0 Å². The number of hydrogen-bond acceptors (Lipinski definition) is 3. The molecule has 0 spiro atoms. The first-order valence-corrected chi connectivity index (χ1v) is 5.86. The van der Waals surface area contributed by atoms with Crippen LogP contribution < -0.4 is 0 Å². The van der Waals surface area contributed by atoms with E-state index >= 15 is 0 Å². The first-order valence-electron chi connectivity index (χ1n) is 5.86. The molecule has 0 saturated heterocycles. The average Bonchev–Trinajstić information content (AvgIpc) is 2.81. The maximum atomic E-state index is 5.44. The molecule has 4 heteroatoms. The van der Waals surface area contributed by atoms with Crippen LogP contribution >= 0.6 is 0 Å². The summed E-state index contributed by atoms with van der Waals surface area (Å²) < 4.78 is 7.20. The van der Waals surface area contributed by atoms with Gasteiger partial charge in [-0.15, -0.1) is 0 Å². The van der Waals surface area contributed by atoms with Gasteiger partial charge in [0.25, 0.3) is 0 Å². The van der Waals surface area contributed by atoms with Gasteiger partial charge in [0.05, 0.1) is 12.7 Å². The first-order chi connectivity index (χ1) is 8.79. The summed E-state index contributed by atoms with van der Waals surface area (Å²) in [6, 6.07) is 10.1. The number of ether oxygens (including phenoxy) is 1. The largest absolute Gasteiger partial charge is 0.375 e. The average molecular weight is 243 g/mol. The van der Waals surface area contributed by atoms with Gasteiger partial charge in [0.1, 0.15) is 6.10 Å². The lowest BCUT2D eigenvalue weighted by Crippen LogP contribution is -2.05. The lowest BCUT2D eigenvalue weighted by atomic mass is 10.1. The van der Waals surface area contributed by atoms with Crippen molar-refractivity contribution >= 4 is 6.21 Å². The van der Waals surface area contributed by atoms with Crippen molar-refractivity contribution in [3.8, 4) is 0 Å². The molecule has 0 N–H and O–H groups in total. The summed E-state index contributed by atoms with van der Waals surface area (Å²) in [6.07, 6.45) is 5.53. The van der Waals surface area contributed by atoms with E-state index in [2.05, 4.69) is 10.1 Å². The quantitative estimate of drug-likeness (QED) is 0.755. The molecular formula is C14H17N3O. The Morgan fingerprint density at radius 2 is 2.17 bits per heavy atom. The number of aliphatic imine (C=N–C) groups is 1. The molecule has 1 atom stereocenters. The fraction of sp³-hybridized carbons (Fsp3) is 0.286.